The van der Waals surface area contributed by atoms with Gasteiger partial charge in [-0.25, -0.2) is 4.39 Å². The third kappa shape index (κ3) is 2.20. The fraction of sp³-hybridized carbons (Fsp3) is 0.125. The Labute approximate surface area is 115 Å². The summed E-state index contributed by atoms with van der Waals surface area (Å²) in [5.74, 6) is -0.260. The molecule has 0 spiro atoms. The maximum atomic E-state index is 12.9. The molecule has 2 aromatic heterocycles. The van der Waals surface area contributed by atoms with Crippen LogP contribution in [0.3, 0.4) is 0 Å². The third-order valence-electron chi connectivity index (χ3n) is 3.28. The molecule has 4 heteroatoms. The molecule has 0 aliphatic rings. The first kappa shape index (κ1) is 12.5. The molecule has 1 aromatic carbocycles. The molecule has 3 rings (SSSR count). The van der Waals surface area contributed by atoms with Crippen LogP contribution in [0.4, 0.5) is 4.39 Å². The van der Waals surface area contributed by atoms with Gasteiger partial charge in [-0.05, 0) is 36.8 Å². The zero-order valence-corrected chi connectivity index (χ0v) is 11.0. The van der Waals surface area contributed by atoms with Crippen molar-refractivity contribution in [3.8, 4) is 0 Å². The first-order valence-electron chi connectivity index (χ1n) is 6.34. The summed E-state index contributed by atoms with van der Waals surface area (Å²) in [5, 5.41) is 0. The van der Waals surface area contributed by atoms with E-state index in [1.165, 1.54) is 19.1 Å². The minimum atomic E-state index is -0.253. The number of pyridine rings is 1. The molecule has 0 fully saturated rings. The fourth-order valence-electron chi connectivity index (χ4n) is 2.30. The molecule has 2 heterocycles. The second kappa shape index (κ2) is 4.89. The SMILES string of the molecule is CC(=O)c1cn(Cc2ccc(F)cc2)c2cccnc12. The van der Waals surface area contributed by atoms with Gasteiger partial charge in [-0.2, -0.15) is 0 Å². The van der Waals surface area contributed by atoms with Gasteiger partial charge in [-0.1, -0.05) is 12.1 Å². The van der Waals surface area contributed by atoms with Gasteiger partial charge < -0.3 is 4.57 Å². The van der Waals surface area contributed by atoms with Crippen molar-refractivity contribution in [1.29, 1.82) is 0 Å². The zero-order valence-electron chi connectivity index (χ0n) is 11.0. The molecule has 0 unspecified atom stereocenters. The highest BCUT2D eigenvalue weighted by atomic mass is 19.1. The van der Waals surface area contributed by atoms with Crippen LogP contribution in [-0.2, 0) is 6.54 Å². The zero-order chi connectivity index (χ0) is 14.1. The Bertz CT molecular complexity index is 775. The number of halogens is 1. The largest absolute Gasteiger partial charge is 0.341 e. The third-order valence-corrected chi connectivity index (χ3v) is 3.28. The van der Waals surface area contributed by atoms with Gasteiger partial charge in [0, 0.05) is 18.9 Å². The minimum absolute atomic E-state index is 0.00782. The van der Waals surface area contributed by atoms with Gasteiger partial charge in [0.2, 0.25) is 0 Å². The van der Waals surface area contributed by atoms with Crippen LogP contribution in [0.15, 0.2) is 48.8 Å². The molecule has 20 heavy (non-hydrogen) atoms. The van der Waals surface area contributed by atoms with E-state index in [1.54, 1.807) is 18.3 Å². The Morgan fingerprint density at radius 1 is 1.25 bits per heavy atom. The number of hydrogen-bond acceptors (Lipinski definition) is 2. The van der Waals surface area contributed by atoms with Crippen LogP contribution in [0.25, 0.3) is 11.0 Å². The summed E-state index contributed by atoms with van der Waals surface area (Å²) < 4.78 is 14.9. The number of ketones is 1. The predicted molar refractivity (Wildman–Crippen MR) is 75.2 cm³/mol. The van der Waals surface area contributed by atoms with Crippen LogP contribution in [-0.4, -0.2) is 15.3 Å². The second-order valence-electron chi connectivity index (χ2n) is 4.72. The van der Waals surface area contributed by atoms with E-state index < -0.39 is 0 Å². The number of Topliss-reactive ketones (excluding diaryl/α,β-unsaturated/α-hetero) is 1. The van der Waals surface area contributed by atoms with Gasteiger partial charge in [0.1, 0.15) is 5.82 Å². The highest BCUT2D eigenvalue weighted by molar-refractivity contribution is 6.05. The summed E-state index contributed by atoms with van der Waals surface area (Å²) in [6, 6.07) is 10.1. The molecule has 0 atom stereocenters. The Balaban J connectivity index is 2.07. The van der Waals surface area contributed by atoms with Crippen LogP contribution in [0, 0.1) is 5.82 Å². The number of benzene rings is 1. The lowest BCUT2D eigenvalue weighted by molar-refractivity contribution is 0.101. The van der Waals surface area contributed by atoms with Crippen molar-refractivity contribution in [3.05, 3.63) is 65.7 Å². The van der Waals surface area contributed by atoms with Crippen molar-refractivity contribution < 1.29 is 9.18 Å². The summed E-state index contributed by atoms with van der Waals surface area (Å²) in [6.45, 7) is 2.11. The molecule has 0 aliphatic heterocycles. The van der Waals surface area contributed by atoms with Crippen LogP contribution >= 0.6 is 0 Å². The first-order chi connectivity index (χ1) is 9.65. The molecule has 0 N–H and O–H groups in total. The van der Waals surface area contributed by atoms with Crippen molar-refractivity contribution >= 4 is 16.8 Å². The summed E-state index contributed by atoms with van der Waals surface area (Å²) in [7, 11) is 0. The monoisotopic (exact) mass is 268 g/mol. The van der Waals surface area contributed by atoms with E-state index in [2.05, 4.69) is 4.98 Å². The van der Waals surface area contributed by atoms with E-state index in [9.17, 15) is 9.18 Å². The highest BCUT2D eigenvalue weighted by Gasteiger charge is 2.12. The Hall–Kier alpha value is -2.49. The molecule has 3 nitrogen and oxygen atoms in total. The molecule has 0 bridgehead atoms. The summed E-state index contributed by atoms with van der Waals surface area (Å²) in [4.78, 5) is 15.9. The van der Waals surface area contributed by atoms with E-state index in [1.807, 2.05) is 22.9 Å². The number of carbonyl (C=O) groups is 1. The van der Waals surface area contributed by atoms with Crippen LogP contribution < -0.4 is 0 Å². The van der Waals surface area contributed by atoms with Gasteiger partial charge >= 0.3 is 0 Å². The normalized spacial score (nSPS) is 10.9. The van der Waals surface area contributed by atoms with E-state index in [-0.39, 0.29) is 11.6 Å². The lowest BCUT2D eigenvalue weighted by Crippen LogP contribution is -1.98. The molecule has 0 radical (unpaired) electrons. The standard InChI is InChI=1S/C16H13FN2O/c1-11(20)14-10-19(15-3-2-8-18-16(14)15)9-12-4-6-13(17)7-5-12/h2-8,10H,9H2,1H3. The van der Waals surface area contributed by atoms with Gasteiger partial charge in [-0.3, -0.25) is 9.78 Å². The molecular weight excluding hydrogens is 255 g/mol. The topological polar surface area (TPSA) is 34.9 Å². The van der Waals surface area contributed by atoms with Crippen LogP contribution in [0.2, 0.25) is 0 Å². The van der Waals surface area contributed by atoms with Gasteiger partial charge in [-0.15, -0.1) is 0 Å². The van der Waals surface area contributed by atoms with E-state index in [0.717, 1.165) is 11.1 Å². The Morgan fingerprint density at radius 3 is 2.70 bits per heavy atom. The van der Waals surface area contributed by atoms with Crippen molar-refractivity contribution in [2.24, 2.45) is 0 Å². The lowest BCUT2D eigenvalue weighted by atomic mass is 10.2. The summed E-state index contributed by atoms with van der Waals surface area (Å²) >= 11 is 0. The lowest BCUT2D eigenvalue weighted by Gasteiger charge is -2.05. The molecule has 100 valence electrons. The first-order valence-corrected chi connectivity index (χ1v) is 6.34. The van der Waals surface area contributed by atoms with E-state index in [0.29, 0.717) is 17.6 Å². The van der Waals surface area contributed by atoms with Crippen molar-refractivity contribution in [2.75, 3.05) is 0 Å². The van der Waals surface area contributed by atoms with Crippen molar-refractivity contribution in [2.45, 2.75) is 13.5 Å². The molecule has 0 saturated carbocycles. The minimum Gasteiger partial charge on any atom is -0.341 e. The summed E-state index contributed by atoms with van der Waals surface area (Å²) in [6.07, 6.45) is 3.49. The Morgan fingerprint density at radius 2 is 2.00 bits per heavy atom. The second-order valence-corrected chi connectivity index (χ2v) is 4.72. The number of fused-ring (bicyclic) bond motifs is 1. The molecule has 0 saturated heterocycles. The number of carbonyl (C=O) groups excluding carboxylic acids is 1. The van der Waals surface area contributed by atoms with E-state index in [4.69, 9.17) is 0 Å². The van der Waals surface area contributed by atoms with Crippen LogP contribution in [0.1, 0.15) is 22.8 Å². The van der Waals surface area contributed by atoms with Crippen molar-refractivity contribution in [3.63, 3.8) is 0 Å². The highest BCUT2D eigenvalue weighted by Crippen LogP contribution is 2.20. The number of hydrogen-bond donors (Lipinski definition) is 0. The molecule has 3 aromatic rings. The fourth-order valence-corrected chi connectivity index (χ4v) is 2.30. The van der Waals surface area contributed by atoms with E-state index >= 15 is 0 Å². The predicted octanol–water partition coefficient (Wildman–Crippen LogP) is 3.43. The van der Waals surface area contributed by atoms with Gasteiger partial charge in [0.05, 0.1) is 16.6 Å². The number of nitrogens with zero attached hydrogens (tertiary/aromatic N) is 2. The van der Waals surface area contributed by atoms with Gasteiger partial charge in [0.25, 0.3) is 0 Å². The maximum absolute atomic E-state index is 12.9. The quantitative estimate of drug-likeness (QED) is 0.682. The number of rotatable bonds is 3. The molecule has 0 aliphatic carbocycles. The smallest absolute Gasteiger partial charge is 0.163 e. The van der Waals surface area contributed by atoms with Crippen LogP contribution in [0.5, 0.6) is 0 Å². The molecule has 0 amide bonds. The average molecular weight is 268 g/mol. The maximum Gasteiger partial charge on any atom is 0.163 e. The molecular formula is C16H13FN2O. The Kier molecular flexibility index (Phi) is 3.06. The summed E-state index contributed by atoms with van der Waals surface area (Å²) in [5.41, 5.74) is 3.20. The van der Waals surface area contributed by atoms with Gasteiger partial charge in [0.15, 0.2) is 5.78 Å². The van der Waals surface area contributed by atoms with Crippen molar-refractivity contribution in [1.82, 2.24) is 9.55 Å². The average Bonchev–Trinajstić information content (AvgIpc) is 2.81. The number of aromatic nitrogens is 2.